The quantitative estimate of drug-likeness (QED) is 0.505. The molecule has 2 unspecified atom stereocenters. The fourth-order valence-corrected chi connectivity index (χ4v) is 1.28. The first-order valence-electron chi connectivity index (χ1n) is 4.41. The lowest BCUT2D eigenvalue weighted by Gasteiger charge is -2.13. The van der Waals surface area contributed by atoms with Crippen LogP contribution in [-0.4, -0.2) is 30.9 Å². The Hall–Kier alpha value is -1.10. The van der Waals surface area contributed by atoms with Gasteiger partial charge in [-0.15, -0.1) is 0 Å². The molecule has 0 aromatic heterocycles. The van der Waals surface area contributed by atoms with Gasteiger partial charge in [0.1, 0.15) is 6.04 Å². The number of rotatable bonds is 3. The number of carbonyl (C=O) groups is 2. The maximum absolute atomic E-state index is 11.4. The van der Waals surface area contributed by atoms with Crippen LogP contribution in [0.2, 0.25) is 0 Å². The first-order valence-corrected chi connectivity index (χ1v) is 4.41. The van der Waals surface area contributed by atoms with Crippen LogP contribution in [0.4, 0.5) is 0 Å². The van der Waals surface area contributed by atoms with Crippen molar-refractivity contribution in [2.24, 2.45) is 11.7 Å². The average molecular weight is 185 g/mol. The van der Waals surface area contributed by atoms with E-state index in [0.29, 0.717) is 6.54 Å². The predicted molar refractivity (Wildman–Crippen MR) is 47.8 cm³/mol. The lowest BCUT2D eigenvalue weighted by atomic mass is 10.1. The SMILES string of the molecule is CC(NC(=O)C1CCNC1)C(N)=O. The van der Waals surface area contributed by atoms with Crippen LogP contribution in [0, 0.1) is 5.92 Å². The van der Waals surface area contributed by atoms with Gasteiger partial charge in [-0.25, -0.2) is 0 Å². The van der Waals surface area contributed by atoms with Crippen LogP contribution < -0.4 is 16.4 Å². The number of hydrogen-bond acceptors (Lipinski definition) is 3. The van der Waals surface area contributed by atoms with Crippen molar-refractivity contribution in [3.63, 3.8) is 0 Å². The maximum atomic E-state index is 11.4. The first-order chi connectivity index (χ1) is 6.11. The summed E-state index contributed by atoms with van der Waals surface area (Å²) >= 11 is 0. The van der Waals surface area contributed by atoms with Crippen LogP contribution in [0.5, 0.6) is 0 Å². The zero-order valence-electron chi connectivity index (χ0n) is 7.67. The first kappa shape index (κ1) is 9.98. The molecule has 2 amide bonds. The second-order valence-electron chi connectivity index (χ2n) is 3.32. The van der Waals surface area contributed by atoms with E-state index in [-0.39, 0.29) is 11.8 Å². The molecule has 1 saturated heterocycles. The zero-order valence-corrected chi connectivity index (χ0v) is 7.67. The molecule has 0 radical (unpaired) electrons. The Morgan fingerprint density at radius 1 is 1.62 bits per heavy atom. The van der Waals surface area contributed by atoms with E-state index in [2.05, 4.69) is 10.6 Å². The third-order valence-electron chi connectivity index (χ3n) is 2.22. The van der Waals surface area contributed by atoms with Crippen LogP contribution in [0.25, 0.3) is 0 Å². The highest BCUT2D eigenvalue weighted by Gasteiger charge is 2.24. The second-order valence-corrected chi connectivity index (χ2v) is 3.32. The summed E-state index contributed by atoms with van der Waals surface area (Å²) in [6, 6.07) is -0.576. The summed E-state index contributed by atoms with van der Waals surface area (Å²) in [5.74, 6) is -0.600. The van der Waals surface area contributed by atoms with E-state index < -0.39 is 11.9 Å². The molecule has 1 aliphatic rings. The third-order valence-corrected chi connectivity index (χ3v) is 2.22. The molecule has 1 aliphatic heterocycles. The Balaban J connectivity index is 2.35. The Labute approximate surface area is 77.1 Å². The molecule has 2 atom stereocenters. The van der Waals surface area contributed by atoms with Gasteiger partial charge in [-0.05, 0) is 19.9 Å². The fraction of sp³-hybridized carbons (Fsp3) is 0.750. The topological polar surface area (TPSA) is 84.2 Å². The van der Waals surface area contributed by atoms with E-state index in [1.807, 2.05) is 0 Å². The van der Waals surface area contributed by atoms with Crippen LogP contribution in [0.3, 0.4) is 0 Å². The van der Waals surface area contributed by atoms with Crippen molar-refractivity contribution in [2.75, 3.05) is 13.1 Å². The maximum Gasteiger partial charge on any atom is 0.239 e. The molecule has 1 fully saturated rings. The lowest BCUT2D eigenvalue weighted by Crippen LogP contribution is -2.45. The van der Waals surface area contributed by atoms with Gasteiger partial charge in [-0.2, -0.15) is 0 Å². The minimum atomic E-state index is -0.576. The number of carbonyl (C=O) groups excluding carboxylic acids is 2. The van der Waals surface area contributed by atoms with Crippen molar-refractivity contribution in [1.29, 1.82) is 0 Å². The van der Waals surface area contributed by atoms with Gasteiger partial charge in [0.05, 0.1) is 5.92 Å². The summed E-state index contributed by atoms with van der Waals surface area (Å²) in [5.41, 5.74) is 5.01. The average Bonchev–Trinajstić information content (AvgIpc) is 2.55. The van der Waals surface area contributed by atoms with Gasteiger partial charge in [0.25, 0.3) is 0 Å². The molecule has 4 N–H and O–H groups in total. The molecule has 0 spiro atoms. The lowest BCUT2D eigenvalue weighted by molar-refractivity contribution is -0.129. The molecular formula is C8H15N3O2. The molecule has 5 nitrogen and oxygen atoms in total. The smallest absolute Gasteiger partial charge is 0.239 e. The summed E-state index contributed by atoms with van der Waals surface area (Å²) < 4.78 is 0. The molecule has 0 bridgehead atoms. The number of nitrogens with one attached hydrogen (secondary N) is 2. The van der Waals surface area contributed by atoms with Crippen LogP contribution in [0.15, 0.2) is 0 Å². The van der Waals surface area contributed by atoms with Crippen molar-refractivity contribution < 1.29 is 9.59 Å². The molecule has 5 heteroatoms. The molecule has 0 aliphatic carbocycles. The molecule has 13 heavy (non-hydrogen) atoms. The van der Waals surface area contributed by atoms with E-state index in [0.717, 1.165) is 13.0 Å². The van der Waals surface area contributed by atoms with Gasteiger partial charge in [-0.1, -0.05) is 0 Å². The molecule has 0 aromatic carbocycles. The second kappa shape index (κ2) is 4.23. The van der Waals surface area contributed by atoms with E-state index in [4.69, 9.17) is 5.73 Å². The van der Waals surface area contributed by atoms with E-state index in [1.165, 1.54) is 0 Å². The van der Waals surface area contributed by atoms with Gasteiger partial charge < -0.3 is 16.4 Å². The monoisotopic (exact) mass is 185 g/mol. The molecule has 74 valence electrons. The van der Waals surface area contributed by atoms with Gasteiger partial charge in [0, 0.05) is 6.54 Å². The Bertz CT molecular complexity index is 211. The normalized spacial score (nSPS) is 23.9. The number of amides is 2. The Morgan fingerprint density at radius 3 is 2.77 bits per heavy atom. The fourth-order valence-electron chi connectivity index (χ4n) is 1.28. The minimum absolute atomic E-state index is 0.0122. The van der Waals surface area contributed by atoms with Crippen molar-refractivity contribution in [2.45, 2.75) is 19.4 Å². The summed E-state index contributed by atoms with van der Waals surface area (Å²) in [4.78, 5) is 22.0. The third kappa shape index (κ3) is 2.69. The molecule has 0 saturated carbocycles. The van der Waals surface area contributed by atoms with E-state index >= 15 is 0 Å². The number of primary amides is 1. The van der Waals surface area contributed by atoms with Crippen molar-refractivity contribution in [1.82, 2.24) is 10.6 Å². The van der Waals surface area contributed by atoms with Gasteiger partial charge >= 0.3 is 0 Å². The Morgan fingerprint density at radius 2 is 2.31 bits per heavy atom. The standard InChI is InChI=1S/C8H15N3O2/c1-5(7(9)12)11-8(13)6-2-3-10-4-6/h5-6,10H,2-4H2,1H3,(H2,9,12)(H,11,13). The summed E-state index contributed by atoms with van der Waals surface area (Å²) in [6.07, 6.45) is 0.831. The van der Waals surface area contributed by atoms with Crippen molar-refractivity contribution in [3.8, 4) is 0 Å². The van der Waals surface area contributed by atoms with E-state index in [9.17, 15) is 9.59 Å². The minimum Gasteiger partial charge on any atom is -0.368 e. The van der Waals surface area contributed by atoms with Crippen LogP contribution >= 0.6 is 0 Å². The zero-order chi connectivity index (χ0) is 9.84. The highest BCUT2D eigenvalue weighted by molar-refractivity contribution is 5.87. The van der Waals surface area contributed by atoms with Crippen LogP contribution in [0.1, 0.15) is 13.3 Å². The molecule has 1 heterocycles. The van der Waals surface area contributed by atoms with E-state index in [1.54, 1.807) is 6.92 Å². The van der Waals surface area contributed by atoms with Gasteiger partial charge in [0.2, 0.25) is 11.8 Å². The molecular weight excluding hydrogens is 170 g/mol. The molecule has 1 rings (SSSR count). The molecule has 0 aromatic rings. The predicted octanol–water partition coefficient (Wildman–Crippen LogP) is -1.41. The summed E-state index contributed by atoms with van der Waals surface area (Å²) in [7, 11) is 0. The number of hydrogen-bond donors (Lipinski definition) is 3. The Kier molecular flexibility index (Phi) is 3.25. The van der Waals surface area contributed by atoms with Gasteiger partial charge in [-0.3, -0.25) is 9.59 Å². The van der Waals surface area contributed by atoms with Gasteiger partial charge in [0.15, 0.2) is 0 Å². The largest absolute Gasteiger partial charge is 0.368 e. The van der Waals surface area contributed by atoms with Crippen LogP contribution in [-0.2, 0) is 9.59 Å². The highest BCUT2D eigenvalue weighted by atomic mass is 16.2. The summed E-state index contributed by atoms with van der Waals surface area (Å²) in [6.45, 7) is 3.14. The highest BCUT2D eigenvalue weighted by Crippen LogP contribution is 2.07. The number of nitrogens with two attached hydrogens (primary N) is 1. The van der Waals surface area contributed by atoms with Crippen molar-refractivity contribution in [3.05, 3.63) is 0 Å². The van der Waals surface area contributed by atoms with Crippen molar-refractivity contribution >= 4 is 11.8 Å². The summed E-state index contributed by atoms with van der Waals surface area (Å²) in [5, 5.41) is 5.65.